The first-order valence-electron chi connectivity index (χ1n) is 7.96. The van der Waals surface area contributed by atoms with Gasteiger partial charge in [-0.3, -0.25) is 0 Å². The van der Waals surface area contributed by atoms with Crippen molar-refractivity contribution in [3.63, 3.8) is 0 Å². The Kier molecular flexibility index (Phi) is 7.00. The molecule has 9 heteroatoms. The van der Waals surface area contributed by atoms with Crippen molar-refractivity contribution in [3.8, 4) is 0 Å². The third-order valence-electron chi connectivity index (χ3n) is 3.51. The molecule has 1 aromatic heterocycles. The second kappa shape index (κ2) is 8.99. The number of nitrogens with one attached hydrogen (secondary N) is 2. The van der Waals surface area contributed by atoms with E-state index in [1.807, 2.05) is 13.0 Å². The predicted octanol–water partition coefficient (Wildman–Crippen LogP) is 0.445. The largest absolute Gasteiger partial charge is 0.378 e. The molecule has 2 heterocycles. The van der Waals surface area contributed by atoms with Crippen molar-refractivity contribution >= 4 is 21.7 Å². The van der Waals surface area contributed by atoms with E-state index in [0.29, 0.717) is 38.5 Å². The molecule has 0 unspecified atom stereocenters. The fourth-order valence-corrected chi connectivity index (χ4v) is 3.44. The lowest BCUT2D eigenvalue weighted by atomic mass is 10.4. The van der Waals surface area contributed by atoms with Crippen molar-refractivity contribution in [2.24, 2.45) is 0 Å². The van der Waals surface area contributed by atoms with Gasteiger partial charge in [0.25, 0.3) is 0 Å². The molecule has 0 aromatic carbocycles. The highest BCUT2D eigenvalue weighted by Gasteiger charge is 2.13. The molecular weight excluding hydrogens is 318 g/mol. The predicted molar refractivity (Wildman–Crippen MR) is 90.3 cm³/mol. The second-order valence-electron chi connectivity index (χ2n) is 5.35. The van der Waals surface area contributed by atoms with Gasteiger partial charge in [-0.05, 0) is 6.42 Å². The molecule has 0 saturated carbocycles. The molecule has 8 nitrogen and oxygen atoms in total. The van der Waals surface area contributed by atoms with Gasteiger partial charge in [0.15, 0.2) is 0 Å². The molecule has 0 atom stereocenters. The van der Waals surface area contributed by atoms with Crippen LogP contribution >= 0.6 is 0 Å². The quantitative estimate of drug-likeness (QED) is 0.628. The first kappa shape index (κ1) is 17.9. The number of hydrogen-bond acceptors (Lipinski definition) is 7. The number of unbranched alkanes of at least 4 members (excludes halogenated alkanes) is 1. The summed E-state index contributed by atoms with van der Waals surface area (Å²) in [6.07, 6.45) is 3.06. The first-order valence-corrected chi connectivity index (χ1v) is 9.62. The number of hydrogen-bond donors (Lipinski definition) is 2. The van der Waals surface area contributed by atoms with Crippen LogP contribution in [0, 0.1) is 0 Å². The lowest BCUT2D eigenvalue weighted by Crippen LogP contribution is -2.36. The van der Waals surface area contributed by atoms with Gasteiger partial charge >= 0.3 is 0 Å². The van der Waals surface area contributed by atoms with E-state index in [1.54, 1.807) is 0 Å². The summed E-state index contributed by atoms with van der Waals surface area (Å²) in [7, 11) is -3.17. The Bertz CT molecular complexity index is 576. The van der Waals surface area contributed by atoms with Crippen LogP contribution in [-0.4, -0.2) is 63.5 Å². The number of rotatable bonds is 9. The Hall–Kier alpha value is -1.45. The molecule has 1 saturated heterocycles. The molecule has 0 spiro atoms. The number of anilines is 2. The number of aromatic nitrogens is 2. The van der Waals surface area contributed by atoms with E-state index in [1.165, 1.54) is 6.33 Å². The molecule has 2 rings (SSSR count). The molecule has 130 valence electrons. The highest BCUT2D eigenvalue weighted by molar-refractivity contribution is 7.89. The zero-order chi connectivity index (χ0) is 16.5. The van der Waals surface area contributed by atoms with Crippen LogP contribution in [0.4, 0.5) is 11.6 Å². The van der Waals surface area contributed by atoms with Crippen molar-refractivity contribution in [1.82, 2.24) is 14.7 Å². The molecular formula is C14H25N5O3S. The van der Waals surface area contributed by atoms with E-state index < -0.39 is 10.0 Å². The SMILES string of the molecule is CCCCS(=O)(=O)NCCNc1cc(N2CCOCC2)ncn1. The Labute approximate surface area is 137 Å². The van der Waals surface area contributed by atoms with Gasteiger partial charge in [-0.25, -0.2) is 23.1 Å². The van der Waals surface area contributed by atoms with E-state index in [4.69, 9.17) is 4.74 Å². The lowest BCUT2D eigenvalue weighted by Gasteiger charge is -2.27. The zero-order valence-electron chi connectivity index (χ0n) is 13.5. The lowest BCUT2D eigenvalue weighted by molar-refractivity contribution is 0.122. The van der Waals surface area contributed by atoms with Crippen molar-refractivity contribution in [2.75, 3.05) is 55.4 Å². The fraction of sp³-hybridized carbons (Fsp3) is 0.714. The third kappa shape index (κ3) is 6.28. The topological polar surface area (TPSA) is 96.5 Å². The Morgan fingerprint density at radius 3 is 2.78 bits per heavy atom. The average Bonchev–Trinajstić information content (AvgIpc) is 2.58. The summed E-state index contributed by atoms with van der Waals surface area (Å²) in [4.78, 5) is 10.6. The van der Waals surface area contributed by atoms with Crippen molar-refractivity contribution in [2.45, 2.75) is 19.8 Å². The highest BCUT2D eigenvalue weighted by atomic mass is 32.2. The summed E-state index contributed by atoms with van der Waals surface area (Å²) in [6, 6.07) is 1.87. The molecule has 1 aliphatic heterocycles. The van der Waals surface area contributed by atoms with E-state index >= 15 is 0 Å². The summed E-state index contributed by atoms with van der Waals surface area (Å²) in [6.45, 7) is 5.81. The van der Waals surface area contributed by atoms with Crippen LogP contribution in [0.5, 0.6) is 0 Å². The summed E-state index contributed by atoms with van der Waals surface area (Å²) in [5.41, 5.74) is 0. The summed E-state index contributed by atoms with van der Waals surface area (Å²) < 4.78 is 31.3. The van der Waals surface area contributed by atoms with Crippen LogP contribution < -0.4 is 14.9 Å². The van der Waals surface area contributed by atoms with Gasteiger partial charge in [-0.15, -0.1) is 0 Å². The standard InChI is InChI=1S/C14H25N5O3S/c1-2-3-10-23(20,21)18-5-4-15-13-11-14(17-12-16-13)19-6-8-22-9-7-19/h11-12,18H,2-10H2,1H3,(H,15,16,17). The average molecular weight is 343 g/mol. The number of morpholine rings is 1. The minimum absolute atomic E-state index is 0.179. The zero-order valence-corrected chi connectivity index (χ0v) is 14.3. The number of nitrogens with zero attached hydrogens (tertiary/aromatic N) is 3. The first-order chi connectivity index (χ1) is 11.1. The Morgan fingerprint density at radius 2 is 2.04 bits per heavy atom. The fourth-order valence-electron chi connectivity index (χ4n) is 2.21. The van der Waals surface area contributed by atoms with Gasteiger partial charge in [-0.2, -0.15) is 0 Å². The van der Waals surface area contributed by atoms with Crippen LogP contribution in [-0.2, 0) is 14.8 Å². The van der Waals surface area contributed by atoms with E-state index in [9.17, 15) is 8.42 Å². The summed E-state index contributed by atoms with van der Waals surface area (Å²) in [5, 5.41) is 3.12. The van der Waals surface area contributed by atoms with Crippen LogP contribution in [0.2, 0.25) is 0 Å². The Balaban J connectivity index is 1.77. The molecule has 0 radical (unpaired) electrons. The van der Waals surface area contributed by atoms with Crippen molar-refractivity contribution in [3.05, 3.63) is 12.4 Å². The highest BCUT2D eigenvalue weighted by Crippen LogP contribution is 2.15. The van der Waals surface area contributed by atoms with E-state index in [2.05, 4.69) is 24.9 Å². The molecule has 23 heavy (non-hydrogen) atoms. The van der Waals surface area contributed by atoms with Crippen molar-refractivity contribution < 1.29 is 13.2 Å². The minimum Gasteiger partial charge on any atom is -0.378 e. The van der Waals surface area contributed by atoms with Crippen LogP contribution in [0.15, 0.2) is 12.4 Å². The van der Waals surface area contributed by atoms with Gasteiger partial charge in [-0.1, -0.05) is 13.3 Å². The van der Waals surface area contributed by atoms with Crippen LogP contribution in [0.1, 0.15) is 19.8 Å². The van der Waals surface area contributed by atoms with Gasteiger partial charge in [0.05, 0.1) is 19.0 Å². The van der Waals surface area contributed by atoms with Gasteiger partial charge in [0.1, 0.15) is 18.0 Å². The summed E-state index contributed by atoms with van der Waals surface area (Å²) >= 11 is 0. The normalized spacial score (nSPS) is 15.6. The summed E-state index contributed by atoms with van der Waals surface area (Å²) in [5.74, 6) is 1.72. The molecule has 2 N–H and O–H groups in total. The monoisotopic (exact) mass is 343 g/mol. The molecule has 1 aliphatic rings. The Morgan fingerprint density at radius 1 is 1.26 bits per heavy atom. The molecule has 0 aliphatic carbocycles. The maximum Gasteiger partial charge on any atom is 0.211 e. The van der Waals surface area contributed by atoms with Gasteiger partial charge in [0, 0.05) is 32.2 Å². The van der Waals surface area contributed by atoms with Crippen LogP contribution in [0.25, 0.3) is 0 Å². The molecule has 1 fully saturated rings. The number of ether oxygens (including phenoxy) is 1. The van der Waals surface area contributed by atoms with Gasteiger partial charge < -0.3 is 15.0 Å². The van der Waals surface area contributed by atoms with Crippen molar-refractivity contribution in [1.29, 1.82) is 0 Å². The number of sulfonamides is 1. The molecule has 0 bridgehead atoms. The third-order valence-corrected chi connectivity index (χ3v) is 4.98. The second-order valence-corrected chi connectivity index (χ2v) is 7.28. The van der Waals surface area contributed by atoms with E-state index in [-0.39, 0.29) is 5.75 Å². The maximum absolute atomic E-state index is 11.7. The minimum atomic E-state index is -3.17. The molecule has 0 amide bonds. The van der Waals surface area contributed by atoms with Crippen LogP contribution in [0.3, 0.4) is 0 Å². The van der Waals surface area contributed by atoms with E-state index in [0.717, 1.165) is 25.3 Å². The maximum atomic E-state index is 11.7. The van der Waals surface area contributed by atoms with Gasteiger partial charge in [0.2, 0.25) is 10.0 Å². The smallest absolute Gasteiger partial charge is 0.211 e. The molecule has 1 aromatic rings.